The van der Waals surface area contributed by atoms with Crippen LogP contribution < -0.4 is 15.4 Å². The van der Waals surface area contributed by atoms with Gasteiger partial charge in [-0.1, -0.05) is 39.5 Å². The van der Waals surface area contributed by atoms with E-state index >= 15 is 0 Å². The van der Waals surface area contributed by atoms with Crippen LogP contribution in [0.1, 0.15) is 58.8 Å². The molecule has 0 aliphatic carbocycles. The zero-order chi connectivity index (χ0) is 21.5. The van der Waals surface area contributed by atoms with Gasteiger partial charge in [-0.3, -0.25) is 14.4 Å². The molecule has 7 nitrogen and oxygen atoms in total. The lowest BCUT2D eigenvalue weighted by Crippen LogP contribution is -2.43. The number of amides is 3. The second-order valence-corrected chi connectivity index (χ2v) is 7.03. The summed E-state index contributed by atoms with van der Waals surface area (Å²) in [5.74, 6) is 0.0407. The van der Waals surface area contributed by atoms with Crippen molar-refractivity contribution < 1.29 is 19.1 Å². The zero-order valence-corrected chi connectivity index (χ0v) is 18.0. The fourth-order valence-electron chi connectivity index (χ4n) is 2.89. The molecule has 0 radical (unpaired) electrons. The first-order valence-corrected chi connectivity index (χ1v) is 10.5. The molecule has 0 atom stereocenters. The van der Waals surface area contributed by atoms with Gasteiger partial charge in [0.1, 0.15) is 5.75 Å². The van der Waals surface area contributed by atoms with Crippen LogP contribution >= 0.6 is 0 Å². The van der Waals surface area contributed by atoms with Crippen molar-refractivity contribution in [2.24, 2.45) is 0 Å². The second-order valence-electron chi connectivity index (χ2n) is 7.03. The Morgan fingerprint density at radius 2 is 1.62 bits per heavy atom. The summed E-state index contributed by atoms with van der Waals surface area (Å²) in [5, 5.41) is 5.29. The summed E-state index contributed by atoms with van der Waals surface area (Å²) in [4.78, 5) is 38.2. The summed E-state index contributed by atoms with van der Waals surface area (Å²) in [6, 6.07) is 6.93. The van der Waals surface area contributed by atoms with E-state index in [0.717, 1.165) is 25.7 Å². The minimum atomic E-state index is -0.331. The van der Waals surface area contributed by atoms with Crippen LogP contribution in [0.3, 0.4) is 0 Å². The molecular weight excluding hydrogens is 370 g/mol. The normalized spacial score (nSPS) is 10.3. The van der Waals surface area contributed by atoms with Crippen LogP contribution in [-0.4, -0.2) is 49.4 Å². The Morgan fingerprint density at radius 3 is 2.24 bits per heavy atom. The molecular formula is C22H35N3O4. The molecule has 0 heterocycles. The predicted octanol–water partition coefficient (Wildman–Crippen LogP) is 3.35. The fraction of sp³-hybridized carbons (Fsp3) is 0.591. The number of hydrogen-bond donors (Lipinski definition) is 2. The first-order valence-electron chi connectivity index (χ1n) is 10.5. The summed E-state index contributed by atoms with van der Waals surface area (Å²) in [5.41, 5.74) is 0.621. The number of nitrogens with one attached hydrogen (secondary N) is 2. The molecule has 162 valence electrons. The van der Waals surface area contributed by atoms with Gasteiger partial charge >= 0.3 is 0 Å². The van der Waals surface area contributed by atoms with Crippen molar-refractivity contribution >= 4 is 23.4 Å². The van der Waals surface area contributed by atoms with Crippen LogP contribution in [-0.2, 0) is 14.4 Å². The monoisotopic (exact) mass is 405 g/mol. The molecule has 1 rings (SSSR count). The highest BCUT2D eigenvalue weighted by Gasteiger charge is 2.16. The molecule has 0 fully saturated rings. The number of benzene rings is 1. The Bertz CT molecular complexity index is 631. The van der Waals surface area contributed by atoms with E-state index < -0.39 is 0 Å². The second kappa shape index (κ2) is 14.4. The molecule has 0 bridgehead atoms. The van der Waals surface area contributed by atoms with Crippen LogP contribution in [0.5, 0.6) is 5.75 Å². The number of carbonyl (C=O) groups excluding carboxylic acids is 3. The van der Waals surface area contributed by atoms with E-state index in [9.17, 15) is 14.4 Å². The van der Waals surface area contributed by atoms with Gasteiger partial charge in [-0.25, -0.2) is 0 Å². The van der Waals surface area contributed by atoms with Crippen molar-refractivity contribution in [3.8, 4) is 5.75 Å². The topological polar surface area (TPSA) is 87.7 Å². The van der Waals surface area contributed by atoms with Crippen molar-refractivity contribution in [2.45, 2.75) is 58.8 Å². The first kappa shape index (κ1) is 24.5. The zero-order valence-electron chi connectivity index (χ0n) is 18.0. The Morgan fingerprint density at radius 1 is 0.931 bits per heavy atom. The first-order chi connectivity index (χ1) is 14.0. The number of ether oxygens (including phenoxy) is 1. The van der Waals surface area contributed by atoms with E-state index in [2.05, 4.69) is 17.6 Å². The molecule has 0 saturated heterocycles. The molecule has 0 saturated carbocycles. The number of nitrogens with zero attached hydrogens (tertiary/aromatic N) is 1. The number of anilines is 1. The number of methoxy groups -OCH3 is 1. The highest BCUT2D eigenvalue weighted by Crippen LogP contribution is 2.14. The van der Waals surface area contributed by atoms with E-state index in [0.29, 0.717) is 24.4 Å². The van der Waals surface area contributed by atoms with E-state index in [-0.39, 0.29) is 30.8 Å². The standard InChI is InChI=1S/C22H35N3O4/c1-4-6-7-8-9-10-22(28)25(15-5-2)17-21(27)23-16-20(26)24-18-11-13-19(29-3)14-12-18/h11-14H,4-10,15-17H2,1-3H3,(H,23,27)(H,24,26). The molecule has 1 aromatic carbocycles. The highest BCUT2D eigenvalue weighted by atomic mass is 16.5. The third-order valence-corrected chi connectivity index (χ3v) is 4.49. The minimum Gasteiger partial charge on any atom is -0.497 e. The molecule has 0 unspecified atom stereocenters. The molecule has 7 heteroatoms. The lowest BCUT2D eigenvalue weighted by Gasteiger charge is -2.21. The summed E-state index contributed by atoms with van der Waals surface area (Å²) in [6.07, 6.45) is 6.64. The predicted molar refractivity (Wildman–Crippen MR) is 115 cm³/mol. The molecule has 2 N–H and O–H groups in total. The quantitative estimate of drug-likeness (QED) is 0.465. The molecule has 0 aliphatic rings. The number of rotatable bonds is 14. The molecule has 0 spiro atoms. The fourth-order valence-corrected chi connectivity index (χ4v) is 2.89. The molecule has 29 heavy (non-hydrogen) atoms. The maximum absolute atomic E-state index is 12.4. The van der Waals surface area contributed by atoms with E-state index in [1.807, 2.05) is 6.92 Å². The van der Waals surface area contributed by atoms with Gasteiger partial charge in [-0.2, -0.15) is 0 Å². The van der Waals surface area contributed by atoms with Crippen molar-refractivity contribution in [3.05, 3.63) is 24.3 Å². The minimum absolute atomic E-state index is 0.00110. The smallest absolute Gasteiger partial charge is 0.243 e. The van der Waals surface area contributed by atoms with Gasteiger partial charge in [0.05, 0.1) is 20.2 Å². The van der Waals surface area contributed by atoms with Gasteiger partial charge in [0, 0.05) is 18.7 Å². The van der Waals surface area contributed by atoms with Crippen LogP contribution in [0.25, 0.3) is 0 Å². The average molecular weight is 406 g/mol. The Kier molecular flexibility index (Phi) is 12.2. The average Bonchev–Trinajstić information content (AvgIpc) is 2.72. The largest absolute Gasteiger partial charge is 0.497 e. The van der Waals surface area contributed by atoms with Crippen LogP contribution in [0.15, 0.2) is 24.3 Å². The Hall–Kier alpha value is -2.57. The highest BCUT2D eigenvalue weighted by molar-refractivity contribution is 5.95. The third kappa shape index (κ3) is 10.5. The van der Waals surface area contributed by atoms with Gasteiger partial charge in [-0.15, -0.1) is 0 Å². The molecule has 1 aromatic rings. The van der Waals surface area contributed by atoms with Crippen molar-refractivity contribution in [1.82, 2.24) is 10.2 Å². The van der Waals surface area contributed by atoms with Crippen LogP contribution in [0, 0.1) is 0 Å². The third-order valence-electron chi connectivity index (χ3n) is 4.49. The molecule has 0 aromatic heterocycles. The van der Waals surface area contributed by atoms with Gasteiger partial charge in [0.25, 0.3) is 0 Å². The molecule has 3 amide bonds. The van der Waals surface area contributed by atoms with Crippen LogP contribution in [0.2, 0.25) is 0 Å². The number of hydrogen-bond acceptors (Lipinski definition) is 4. The van der Waals surface area contributed by atoms with Crippen molar-refractivity contribution in [3.63, 3.8) is 0 Å². The van der Waals surface area contributed by atoms with E-state index in [1.165, 1.54) is 12.8 Å². The van der Waals surface area contributed by atoms with E-state index in [4.69, 9.17) is 4.74 Å². The van der Waals surface area contributed by atoms with Gasteiger partial charge < -0.3 is 20.3 Å². The Labute approximate surface area is 174 Å². The lowest BCUT2D eigenvalue weighted by molar-refractivity contribution is -0.136. The van der Waals surface area contributed by atoms with Gasteiger partial charge in [0.15, 0.2) is 0 Å². The summed E-state index contributed by atoms with van der Waals surface area (Å²) in [6.45, 7) is 4.51. The van der Waals surface area contributed by atoms with Crippen molar-refractivity contribution in [1.29, 1.82) is 0 Å². The summed E-state index contributed by atoms with van der Waals surface area (Å²) < 4.78 is 5.07. The summed E-state index contributed by atoms with van der Waals surface area (Å²) in [7, 11) is 1.57. The van der Waals surface area contributed by atoms with Gasteiger partial charge in [-0.05, 0) is 37.1 Å². The van der Waals surface area contributed by atoms with Crippen LogP contribution in [0.4, 0.5) is 5.69 Å². The summed E-state index contributed by atoms with van der Waals surface area (Å²) >= 11 is 0. The Balaban J connectivity index is 2.37. The number of unbranched alkanes of at least 4 members (excludes halogenated alkanes) is 4. The maximum atomic E-state index is 12.4. The van der Waals surface area contributed by atoms with E-state index in [1.54, 1.807) is 36.3 Å². The SMILES string of the molecule is CCCCCCCC(=O)N(CCC)CC(=O)NCC(=O)Nc1ccc(OC)cc1. The van der Waals surface area contributed by atoms with Crippen molar-refractivity contribution in [2.75, 3.05) is 32.1 Å². The molecule has 0 aliphatic heterocycles. The van der Waals surface area contributed by atoms with Gasteiger partial charge in [0.2, 0.25) is 17.7 Å². The number of carbonyl (C=O) groups is 3. The maximum Gasteiger partial charge on any atom is 0.243 e. The lowest BCUT2D eigenvalue weighted by atomic mass is 10.1.